The number of amides is 2. The third-order valence-electron chi connectivity index (χ3n) is 7.56. The van der Waals surface area contributed by atoms with Crippen LogP contribution in [0.1, 0.15) is 69.4 Å². The minimum absolute atomic E-state index is 0.0117. The number of nitrogens with one attached hydrogen (secondary N) is 3. The first-order valence-electron chi connectivity index (χ1n) is 13.7. The van der Waals surface area contributed by atoms with Gasteiger partial charge >= 0.3 is 5.97 Å². The third kappa shape index (κ3) is 6.69. The van der Waals surface area contributed by atoms with E-state index in [9.17, 15) is 14.4 Å². The second-order valence-corrected chi connectivity index (χ2v) is 10.1. The standard InChI is InChI=1S/C30H37N5O4/c1-3-39-29(38)15-14-28(37)35(24-6-4-5-7-24)30(16-17-30)22-10-13-25(32-2)26(18-22)34-27(36)20-33-23-11-8-21(19-31)9-12-23/h8-13,18,24,32-33H,3-7,14-17,20H2,1-2H3,(H,34,36). The molecule has 0 aromatic heterocycles. The first kappa shape index (κ1) is 28.0. The number of benzene rings is 2. The van der Waals surface area contributed by atoms with Crippen molar-refractivity contribution in [2.75, 3.05) is 36.1 Å². The zero-order valence-electron chi connectivity index (χ0n) is 22.7. The molecule has 0 atom stereocenters. The van der Waals surface area contributed by atoms with E-state index in [-0.39, 0.29) is 43.2 Å². The van der Waals surface area contributed by atoms with Crippen LogP contribution in [0.25, 0.3) is 0 Å². The number of anilines is 3. The molecule has 2 aromatic rings. The molecule has 0 spiro atoms. The molecule has 2 aromatic carbocycles. The number of rotatable bonds is 12. The van der Waals surface area contributed by atoms with Crippen molar-refractivity contribution in [3.8, 4) is 6.07 Å². The molecule has 2 aliphatic carbocycles. The molecule has 2 amide bonds. The highest BCUT2D eigenvalue weighted by Crippen LogP contribution is 2.54. The fourth-order valence-electron chi connectivity index (χ4n) is 5.50. The topological polar surface area (TPSA) is 124 Å². The van der Waals surface area contributed by atoms with Crippen LogP contribution in [-0.4, -0.2) is 48.9 Å². The molecular weight excluding hydrogens is 494 g/mol. The van der Waals surface area contributed by atoms with Gasteiger partial charge < -0.3 is 25.6 Å². The van der Waals surface area contributed by atoms with Crippen molar-refractivity contribution in [1.29, 1.82) is 5.26 Å². The predicted octanol–water partition coefficient (Wildman–Crippen LogP) is 4.75. The van der Waals surface area contributed by atoms with Crippen molar-refractivity contribution in [2.45, 2.75) is 69.9 Å². The van der Waals surface area contributed by atoms with Crippen LogP contribution in [-0.2, 0) is 24.7 Å². The summed E-state index contributed by atoms with van der Waals surface area (Å²) in [5, 5.41) is 18.2. The van der Waals surface area contributed by atoms with Crippen LogP contribution in [0.3, 0.4) is 0 Å². The van der Waals surface area contributed by atoms with E-state index >= 15 is 0 Å². The van der Waals surface area contributed by atoms with Crippen molar-refractivity contribution >= 4 is 34.8 Å². The van der Waals surface area contributed by atoms with Gasteiger partial charge in [0.1, 0.15) is 0 Å². The Bertz CT molecular complexity index is 1230. The largest absolute Gasteiger partial charge is 0.466 e. The molecule has 2 saturated carbocycles. The lowest BCUT2D eigenvalue weighted by Gasteiger charge is -2.38. The summed E-state index contributed by atoms with van der Waals surface area (Å²) in [5.41, 5.74) is 3.30. The van der Waals surface area contributed by atoms with E-state index in [1.807, 2.05) is 23.1 Å². The molecular formula is C30H37N5O4. The maximum Gasteiger partial charge on any atom is 0.306 e. The van der Waals surface area contributed by atoms with Crippen molar-refractivity contribution in [1.82, 2.24) is 4.90 Å². The number of hydrogen-bond donors (Lipinski definition) is 3. The number of nitrogens with zero attached hydrogens (tertiary/aromatic N) is 2. The SMILES string of the molecule is CCOC(=O)CCC(=O)N(C1CCCC1)C1(c2ccc(NC)c(NC(=O)CNc3ccc(C#N)cc3)c2)CC1. The van der Waals surface area contributed by atoms with E-state index in [0.717, 1.165) is 55.5 Å². The smallest absolute Gasteiger partial charge is 0.306 e. The van der Waals surface area contributed by atoms with Crippen LogP contribution in [0.15, 0.2) is 42.5 Å². The number of ether oxygens (including phenoxy) is 1. The number of nitriles is 1. The summed E-state index contributed by atoms with van der Waals surface area (Å²) in [4.78, 5) is 40.4. The summed E-state index contributed by atoms with van der Waals surface area (Å²) < 4.78 is 5.05. The summed E-state index contributed by atoms with van der Waals surface area (Å²) in [6.45, 7) is 2.13. The van der Waals surface area contributed by atoms with Crippen LogP contribution in [0.5, 0.6) is 0 Å². The maximum absolute atomic E-state index is 13.6. The second kappa shape index (κ2) is 12.7. The van der Waals surface area contributed by atoms with Gasteiger partial charge in [-0.05, 0) is 74.6 Å². The van der Waals surface area contributed by atoms with Crippen LogP contribution in [0.4, 0.5) is 17.1 Å². The summed E-state index contributed by atoms with van der Waals surface area (Å²) in [7, 11) is 1.80. The fraction of sp³-hybridized carbons (Fsp3) is 0.467. The zero-order valence-corrected chi connectivity index (χ0v) is 22.7. The van der Waals surface area contributed by atoms with E-state index in [1.54, 1.807) is 38.2 Å². The van der Waals surface area contributed by atoms with Gasteiger partial charge in [0.05, 0.1) is 48.1 Å². The third-order valence-corrected chi connectivity index (χ3v) is 7.56. The van der Waals surface area contributed by atoms with E-state index in [1.165, 1.54) is 0 Å². The van der Waals surface area contributed by atoms with Gasteiger partial charge in [-0.3, -0.25) is 14.4 Å². The molecule has 4 rings (SSSR count). The normalized spacial score (nSPS) is 15.6. The van der Waals surface area contributed by atoms with E-state index in [4.69, 9.17) is 10.00 Å². The van der Waals surface area contributed by atoms with Crippen LogP contribution in [0, 0.1) is 11.3 Å². The van der Waals surface area contributed by atoms with Gasteiger partial charge in [0.25, 0.3) is 0 Å². The highest BCUT2D eigenvalue weighted by molar-refractivity contribution is 5.97. The molecule has 0 aliphatic heterocycles. The molecule has 3 N–H and O–H groups in total. The maximum atomic E-state index is 13.6. The highest BCUT2D eigenvalue weighted by Gasteiger charge is 2.54. The summed E-state index contributed by atoms with van der Waals surface area (Å²) in [6, 6.07) is 15.1. The Balaban J connectivity index is 1.50. The summed E-state index contributed by atoms with van der Waals surface area (Å²) in [5.74, 6) is -0.571. The van der Waals surface area contributed by atoms with Gasteiger partial charge in [-0.1, -0.05) is 18.9 Å². The molecule has 0 unspecified atom stereocenters. The second-order valence-electron chi connectivity index (χ2n) is 10.1. The summed E-state index contributed by atoms with van der Waals surface area (Å²) in [6.07, 6.45) is 6.03. The monoisotopic (exact) mass is 531 g/mol. The Morgan fingerprint density at radius 1 is 1.05 bits per heavy atom. The van der Waals surface area contributed by atoms with Crippen molar-refractivity contribution in [3.05, 3.63) is 53.6 Å². The van der Waals surface area contributed by atoms with Gasteiger partial charge in [-0.15, -0.1) is 0 Å². The van der Waals surface area contributed by atoms with Gasteiger partial charge in [0.15, 0.2) is 0 Å². The molecule has 206 valence electrons. The van der Waals surface area contributed by atoms with Gasteiger partial charge in [-0.2, -0.15) is 5.26 Å². The molecule has 39 heavy (non-hydrogen) atoms. The molecule has 2 fully saturated rings. The zero-order chi connectivity index (χ0) is 27.8. The van der Waals surface area contributed by atoms with Crippen LogP contribution in [0.2, 0.25) is 0 Å². The average Bonchev–Trinajstić information content (AvgIpc) is 3.56. The van der Waals surface area contributed by atoms with Gasteiger partial charge in [-0.25, -0.2) is 0 Å². The molecule has 9 nitrogen and oxygen atoms in total. The number of carbonyl (C=O) groups excluding carboxylic acids is 3. The first-order chi connectivity index (χ1) is 18.9. The fourth-order valence-corrected chi connectivity index (χ4v) is 5.50. The Labute approximate surface area is 229 Å². The quantitative estimate of drug-likeness (QED) is 0.338. The highest BCUT2D eigenvalue weighted by atomic mass is 16.5. The van der Waals surface area contributed by atoms with Gasteiger partial charge in [0.2, 0.25) is 11.8 Å². The Morgan fingerprint density at radius 2 is 1.77 bits per heavy atom. The Morgan fingerprint density at radius 3 is 2.38 bits per heavy atom. The molecule has 0 bridgehead atoms. The predicted molar refractivity (Wildman–Crippen MR) is 150 cm³/mol. The minimum atomic E-state index is -0.423. The molecule has 0 saturated heterocycles. The van der Waals surface area contributed by atoms with Crippen molar-refractivity contribution in [3.63, 3.8) is 0 Å². The van der Waals surface area contributed by atoms with E-state index < -0.39 is 5.54 Å². The van der Waals surface area contributed by atoms with E-state index in [2.05, 4.69) is 22.0 Å². The summed E-state index contributed by atoms with van der Waals surface area (Å²) >= 11 is 0. The molecule has 9 heteroatoms. The lowest BCUT2D eigenvalue weighted by Crippen LogP contribution is -2.46. The minimum Gasteiger partial charge on any atom is -0.466 e. The molecule has 0 radical (unpaired) electrons. The number of esters is 1. The van der Waals surface area contributed by atoms with Crippen LogP contribution < -0.4 is 16.0 Å². The Kier molecular flexibility index (Phi) is 9.07. The van der Waals surface area contributed by atoms with E-state index in [0.29, 0.717) is 17.9 Å². The average molecular weight is 532 g/mol. The molecule has 0 heterocycles. The van der Waals surface area contributed by atoms with Crippen molar-refractivity contribution in [2.24, 2.45) is 0 Å². The first-order valence-corrected chi connectivity index (χ1v) is 13.7. The van der Waals surface area contributed by atoms with Crippen molar-refractivity contribution < 1.29 is 19.1 Å². The number of carbonyl (C=O) groups is 3. The molecule has 2 aliphatic rings. The van der Waals surface area contributed by atoms with Gasteiger partial charge in [0, 0.05) is 25.2 Å². The lowest BCUT2D eigenvalue weighted by atomic mass is 9.97. The Hall–Kier alpha value is -4.06. The van der Waals surface area contributed by atoms with Crippen LogP contribution >= 0.6 is 0 Å². The lowest BCUT2D eigenvalue weighted by molar-refractivity contribution is -0.147. The number of hydrogen-bond acceptors (Lipinski definition) is 7.